The first-order chi connectivity index (χ1) is 9.48. The van der Waals surface area contributed by atoms with Crippen LogP contribution in [0.4, 0.5) is 0 Å². The molecule has 0 radical (unpaired) electrons. The number of aromatic nitrogens is 1. The van der Waals surface area contributed by atoms with Crippen LogP contribution in [-0.2, 0) is 0 Å². The molecular weight excluding hydrogens is 274 g/mol. The quantitative estimate of drug-likeness (QED) is 0.858. The van der Waals surface area contributed by atoms with Crippen LogP contribution in [0, 0.1) is 5.41 Å². The molecule has 20 heavy (non-hydrogen) atoms. The highest BCUT2D eigenvalue weighted by atomic mass is 32.1. The minimum absolute atomic E-state index is 0.0556. The van der Waals surface area contributed by atoms with Gasteiger partial charge in [-0.1, -0.05) is 19.1 Å². The molecule has 1 saturated heterocycles. The van der Waals surface area contributed by atoms with Gasteiger partial charge in [0.2, 0.25) is 5.88 Å². The van der Waals surface area contributed by atoms with Gasteiger partial charge < -0.3 is 15.4 Å². The molecule has 1 fully saturated rings. The molecule has 0 unspecified atom stereocenters. The van der Waals surface area contributed by atoms with Crippen LogP contribution < -0.4 is 10.5 Å². The average molecular weight is 293 g/mol. The fourth-order valence-electron chi connectivity index (χ4n) is 2.34. The van der Waals surface area contributed by atoms with Gasteiger partial charge in [0.05, 0.1) is 12.1 Å². The van der Waals surface area contributed by atoms with Gasteiger partial charge in [-0.15, -0.1) is 0 Å². The smallest absolute Gasteiger partial charge is 0.259 e. The number of pyridine rings is 1. The highest BCUT2D eigenvalue weighted by Gasteiger charge is 2.35. The summed E-state index contributed by atoms with van der Waals surface area (Å²) in [6.07, 6.45) is 3.18. The Kier molecular flexibility index (Phi) is 4.23. The van der Waals surface area contributed by atoms with Gasteiger partial charge >= 0.3 is 0 Å². The maximum absolute atomic E-state index is 12.5. The maximum atomic E-state index is 12.5. The molecule has 2 N–H and O–H groups in total. The lowest BCUT2D eigenvalue weighted by Gasteiger charge is -2.38. The molecule has 1 aliphatic rings. The second-order valence-electron chi connectivity index (χ2n) is 5.28. The van der Waals surface area contributed by atoms with Crippen LogP contribution >= 0.6 is 12.2 Å². The minimum atomic E-state index is -0.148. The van der Waals surface area contributed by atoms with Crippen molar-refractivity contribution in [2.45, 2.75) is 19.8 Å². The van der Waals surface area contributed by atoms with Crippen LogP contribution in [0.1, 0.15) is 30.1 Å². The molecule has 1 aromatic rings. The van der Waals surface area contributed by atoms with Gasteiger partial charge in [0, 0.05) is 24.7 Å². The summed E-state index contributed by atoms with van der Waals surface area (Å²) < 4.78 is 5.14. The van der Waals surface area contributed by atoms with E-state index in [2.05, 4.69) is 11.9 Å². The highest BCUT2D eigenvalue weighted by Crippen LogP contribution is 2.32. The van der Waals surface area contributed by atoms with Crippen molar-refractivity contribution in [3.05, 3.63) is 23.9 Å². The van der Waals surface area contributed by atoms with Gasteiger partial charge in [-0.05, 0) is 25.0 Å². The SMILES string of the molecule is COc1ncccc1C(=O)N1CCC(C)(C(N)=S)CC1. The minimum Gasteiger partial charge on any atom is -0.480 e. The number of piperidine rings is 1. The van der Waals surface area contributed by atoms with Crippen molar-refractivity contribution in [2.24, 2.45) is 11.1 Å². The molecule has 108 valence electrons. The zero-order valence-corrected chi connectivity index (χ0v) is 12.6. The molecule has 0 spiro atoms. The Balaban J connectivity index is 2.11. The molecule has 2 rings (SSSR count). The average Bonchev–Trinajstić information content (AvgIpc) is 2.47. The Morgan fingerprint density at radius 1 is 1.50 bits per heavy atom. The first-order valence-electron chi connectivity index (χ1n) is 6.56. The molecule has 2 heterocycles. The van der Waals surface area contributed by atoms with Crippen molar-refractivity contribution in [1.29, 1.82) is 0 Å². The summed E-state index contributed by atoms with van der Waals surface area (Å²) in [5.41, 5.74) is 6.12. The number of nitrogens with zero attached hydrogens (tertiary/aromatic N) is 2. The predicted molar refractivity (Wildman–Crippen MR) is 80.8 cm³/mol. The number of likely N-dealkylation sites (tertiary alicyclic amines) is 1. The summed E-state index contributed by atoms with van der Waals surface area (Å²) in [6, 6.07) is 3.47. The molecule has 1 amide bonds. The van der Waals surface area contributed by atoms with Gasteiger partial charge in [-0.2, -0.15) is 0 Å². The normalized spacial score (nSPS) is 17.6. The van der Waals surface area contributed by atoms with Crippen molar-refractivity contribution in [1.82, 2.24) is 9.88 Å². The topological polar surface area (TPSA) is 68.5 Å². The Morgan fingerprint density at radius 2 is 2.15 bits per heavy atom. The number of carbonyl (C=O) groups is 1. The molecule has 0 saturated carbocycles. The van der Waals surface area contributed by atoms with Crippen LogP contribution in [-0.4, -0.2) is 41.0 Å². The Bertz CT molecular complexity index is 525. The lowest BCUT2D eigenvalue weighted by Crippen LogP contribution is -2.46. The molecule has 0 aromatic carbocycles. The molecule has 1 aromatic heterocycles. The maximum Gasteiger partial charge on any atom is 0.259 e. The van der Waals surface area contributed by atoms with Crippen LogP contribution in [0.2, 0.25) is 0 Å². The lowest BCUT2D eigenvalue weighted by atomic mass is 9.80. The van der Waals surface area contributed by atoms with Crippen LogP contribution in [0.25, 0.3) is 0 Å². The van der Waals surface area contributed by atoms with E-state index in [9.17, 15) is 4.79 Å². The van der Waals surface area contributed by atoms with E-state index in [1.807, 2.05) is 0 Å². The summed E-state index contributed by atoms with van der Waals surface area (Å²) in [7, 11) is 1.51. The number of hydrogen-bond acceptors (Lipinski definition) is 4. The summed E-state index contributed by atoms with van der Waals surface area (Å²) in [4.78, 5) is 18.9. The number of carbonyl (C=O) groups excluding carboxylic acids is 1. The zero-order chi connectivity index (χ0) is 14.8. The monoisotopic (exact) mass is 293 g/mol. The van der Waals surface area contributed by atoms with Crippen molar-refractivity contribution in [3.63, 3.8) is 0 Å². The third-order valence-electron chi connectivity index (χ3n) is 3.94. The van der Waals surface area contributed by atoms with E-state index >= 15 is 0 Å². The number of amides is 1. The first-order valence-corrected chi connectivity index (χ1v) is 6.97. The van der Waals surface area contributed by atoms with Crippen molar-refractivity contribution < 1.29 is 9.53 Å². The van der Waals surface area contributed by atoms with E-state index in [4.69, 9.17) is 22.7 Å². The predicted octanol–water partition coefficient (Wildman–Crippen LogP) is 1.62. The molecule has 5 nitrogen and oxygen atoms in total. The number of methoxy groups -OCH3 is 1. The van der Waals surface area contributed by atoms with Crippen LogP contribution in [0.5, 0.6) is 5.88 Å². The molecule has 0 bridgehead atoms. The van der Waals surface area contributed by atoms with Gasteiger partial charge in [-0.25, -0.2) is 4.98 Å². The Labute approximate surface area is 124 Å². The molecule has 6 heteroatoms. The third kappa shape index (κ3) is 2.75. The highest BCUT2D eigenvalue weighted by molar-refractivity contribution is 7.80. The zero-order valence-electron chi connectivity index (χ0n) is 11.8. The fourth-order valence-corrected chi connectivity index (χ4v) is 2.54. The van der Waals surface area contributed by atoms with Crippen molar-refractivity contribution in [2.75, 3.05) is 20.2 Å². The van der Waals surface area contributed by atoms with E-state index in [-0.39, 0.29) is 11.3 Å². The fraction of sp³-hybridized carbons (Fsp3) is 0.500. The van der Waals surface area contributed by atoms with Gasteiger partial charge in [0.25, 0.3) is 5.91 Å². The molecule has 0 atom stereocenters. The number of ether oxygens (including phenoxy) is 1. The largest absolute Gasteiger partial charge is 0.480 e. The first kappa shape index (κ1) is 14.7. The number of thiocarbonyl (C=S) groups is 1. The molecule has 1 aliphatic heterocycles. The second kappa shape index (κ2) is 5.75. The van der Waals surface area contributed by atoms with E-state index in [1.165, 1.54) is 7.11 Å². The summed E-state index contributed by atoms with van der Waals surface area (Å²) in [5.74, 6) is 0.306. The number of nitrogens with two attached hydrogens (primary N) is 1. The Morgan fingerprint density at radius 3 is 2.70 bits per heavy atom. The number of rotatable bonds is 3. The summed E-state index contributed by atoms with van der Waals surface area (Å²) >= 11 is 5.11. The van der Waals surface area contributed by atoms with Crippen LogP contribution in [0.3, 0.4) is 0 Å². The standard InChI is InChI=1S/C14H19N3O2S/c1-14(13(15)20)5-8-17(9-6-14)12(18)10-4-3-7-16-11(10)19-2/h3-4,7H,5-6,8-9H2,1-2H3,(H2,15,20). The summed E-state index contributed by atoms with van der Waals surface area (Å²) in [5, 5.41) is 0. The number of hydrogen-bond donors (Lipinski definition) is 1. The van der Waals surface area contributed by atoms with Crippen LogP contribution in [0.15, 0.2) is 18.3 Å². The lowest BCUT2D eigenvalue weighted by molar-refractivity contribution is 0.0666. The van der Waals surface area contributed by atoms with Gasteiger partial charge in [0.15, 0.2) is 0 Å². The van der Waals surface area contributed by atoms with E-state index < -0.39 is 0 Å². The van der Waals surface area contributed by atoms with E-state index in [0.29, 0.717) is 29.5 Å². The van der Waals surface area contributed by atoms with Gasteiger partial charge in [-0.3, -0.25) is 4.79 Å². The Hall–Kier alpha value is -1.69. The molecular formula is C14H19N3O2S. The third-order valence-corrected chi connectivity index (χ3v) is 4.44. The molecule has 0 aliphatic carbocycles. The van der Waals surface area contributed by atoms with Gasteiger partial charge in [0.1, 0.15) is 5.56 Å². The summed E-state index contributed by atoms with van der Waals surface area (Å²) in [6.45, 7) is 3.34. The van der Waals surface area contributed by atoms with Crippen molar-refractivity contribution >= 4 is 23.1 Å². The van der Waals surface area contributed by atoms with E-state index in [1.54, 1.807) is 23.2 Å². The van der Waals surface area contributed by atoms with E-state index in [0.717, 1.165) is 12.8 Å². The second-order valence-corrected chi connectivity index (χ2v) is 5.72. The van der Waals surface area contributed by atoms with Crippen molar-refractivity contribution in [3.8, 4) is 5.88 Å².